The first kappa shape index (κ1) is 79.9. The van der Waals surface area contributed by atoms with Gasteiger partial charge < -0.3 is 73.8 Å². The van der Waals surface area contributed by atoms with Gasteiger partial charge in [-0.3, -0.25) is 18.9 Å². The molecule has 13 rings (SSSR count). The number of phenols is 1. The van der Waals surface area contributed by atoms with E-state index in [-0.39, 0.29) is 87.1 Å². The first-order valence-electron chi connectivity index (χ1n) is 35.4. The van der Waals surface area contributed by atoms with Gasteiger partial charge in [0.2, 0.25) is 5.36 Å². The Morgan fingerprint density at radius 3 is 2.28 bits per heavy atom. The van der Waals surface area contributed by atoms with Crippen LogP contribution in [0.15, 0.2) is 94.0 Å². The maximum absolute atomic E-state index is 13.9. The van der Waals surface area contributed by atoms with Crippen LogP contribution in [0.2, 0.25) is 0 Å². The Kier molecular flexibility index (Phi) is 24.4. The first-order chi connectivity index (χ1) is 51.8. The van der Waals surface area contributed by atoms with Gasteiger partial charge in [-0.1, -0.05) is 87.9 Å². The lowest BCUT2D eigenvalue weighted by Gasteiger charge is -2.39. The fourth-order valence-electron chi connectivity index (χ4n) is 14.3. The Bertz CT molecular complexity index is 5210. The van der Waals surface area contributed by atoms with E-state index >= 15 is 0 Å². The number of rotatable bonds is 28. The summed E-state index contributed by atoms with van der Waals surface area (Å²) in [6, 6.07) is 20.9. The molecule has 0 radical (unpaired) electrons. The van der Waals surface area contributed by atoms with Crippen LogP contribution in [0, 0.1) is 18.8 Å². The van der Waals surface area contributed by atoms with Crippen LogP contribution in [0.1, 0.15) is 154 Å². The number of aromatic carboxylic acids is 1. The van der Waals surface area contributed by atoms with E-state index in [0.717, 1.165) is 105 Å². The van der Waals surface area contributed by atoms with Crippen molar-refractivity contribution in [2.24, 2.45) is 10.2 Å². The number of aromatic amines is 1. The number of H-pyrrole nitrogens is 1. The van der Waals surface area contributed by atoms with Crippen LogP contribution in [0.4, 0.5) is 17.1 Å². The zero-order valence-corrected chi connectivity index (χ0v) is 66.4. The topological polar surface area (TPSA) is 394 Å². The average molecular weight is 1630 g/mol. The third-order valence-electron chi connectivity index (χ3n) is 18.8. The Hall–Kier alpha value is -7.15. The smallest absolute Gasteiger partial charge is 0.490 e. The molecule has 9 N–H and O–H groups in total. The molecule has 29 nitrogen and oxygen atoms in total. The molecule has 6 aliphatic rings. The molecule has 109 heavy (non-hydrogen) atoms. The van der Waals surface area contributed by atoms with E-state index in [1.807, 2.05) is 34.6 Å². The van der Waals surface area contributed by atoms with Gasteiger partial charge in [0.25, 0.3) is 17.4 Å². The number of fused-ring (bicyclic) bond motifs is 5. The summed E-state index contributed by atoms with van der Waals surface area (Å²) in [7, 11) is -11.1. The van der Waals surface area contributed by atoms with Gasteiger partial charge in [-0.15, -0.1) is 5.11 Å². The van der Waals surface area contributed by atoms with Crippen LogP contribution in [0.3, 0.4) is 0 Å². The van der Waals surface area contributed by atoms with E-state index in [0.29, 0.717) is 35.3 Å². The maximum Gasteiger partial charge on any atom is 0.490 e. The number of ether oxygens (including phenoxy) is 4. The van der Waals surface area contributed by atoms with Crippen LogP contribution in [-0.4, -0.2) is 148 Å². The summed E-state index contributed by atoms with van der Waals surface area (Å²) < 4.78 is 77.4. The summed E-state index contributed by atoms with van der Waals surface area (Å²) in [5, 5.41) is 38.8. The molecule has 7 aromatic rings. The van der Waals surface area contributed by atoms with Gasteiger partial charge in [0.05, 0.1) is 40.5 Å². The average Bonchev–Trinajstić information content (AvgIpc) is 1.39. The van der Waals surface area contributed by atoms with Crippen molar-refractivity contribution in [1.82, 2.24) is 29.7 Å². The summed E-state index contributed by atoms with van der Waals surface area (Å²) in [5.41, 5.74) is 10.4. The maximum atomic E-state index is 13.9. The summed E-state index contributed by atoms with van der Waals surface area (Å²) in [5.74, 6) is 6.17. The summed E-state index contributed by atoms with van der Waals surface area (Å²) in [6.45, 7) is 15.2. The van der Waals surface area contributed by atoms with Crippen LogP contribution >= 0.6 is 66.6 Å². The lowest BCUT2D eigenvalue weighted by atomic mass is 9.81. The third kappa shape index (κ3) is 19.1. The van der Waals surface area contributed by atoms with Crippen molar-refractivity contribution in [1.29, 1.82) is 0 Å². The third-order valence-corrected chi connectivity index (χ3v) is 28.6. The molecular formula is C73H83N9O20P3S4+. The number of anilines is 1. The molecule has 0 aliphatic carbocycles. The van der Waals surface area contributed by atoms with Crippen molar-refractivity contribution in [3.63, 3.8) is 0 Å². The number of phenolic OH excluding ortho intramolecular Hbond substituents is 1. The van der Waals surface area contributed by atoms with Gasteiger partial charge >= 0.3 is 29.4 Å². The number of nitrogens with zero attached hydrogens (tertiary/aromatic N) is 6. The van der Waals surface area contributed by atoms with E-state index < -0.39 is 70.7 Å². The van der Waals surface area contributed by atoms with Crippen LogP contribution in [0.5, 0.6) is 17.2 Å². The van der Waals surface area contributed by atoms with Crippen molar-refractivity contribution in [2.75, 3.05) is 69.3 Å². The number of phosphoric acid groups is 3. The number of phosphoric ester groups is 1. The number of amides is 2. The highest BCUT2D eigenvalue weighted by Gasteiger charge is 2.45. The Morgan fingerprint density at radius 1 is 0.807 bits per heavy atom. The van der Waals surface area contributed by atoms with Gasteiger partial charge in [0, 0.05) is 105 Å². The van der Waals surface area contributed by atoms with Gasteiger partial charge in [-0.05, 0) is 143 Å². The fraction of sp³-hybridized carbons (Fsp3) is 0.425. The van der Waals surface area contributed by atoms with E-state index in [1.165, 1.54) is 82.5 Å². The van der Waals surface area contributed by atoms with Crippen LogP contribution in [-0.2, 0) is 73.2 Å². The molecule has 3 unspecified atom stereocenters. The quantitative estimate of drug-likeness (QED) is 0.00418. The van der Waals surface area contributed by atoms with Gasteiger partial charge in [0.1, 0.15) is 72.7 Å². The fourth-order valence-corrected chi connectivity index (χ4v) is 21.5. The highest BCUT2D eigenvalue weighted by atomic mass is 33.1. The Balaban J connectivity index is 0.578. The Morgan fingerprint density at radius 2 is 1.53 bits per heavy atom. The minimum Gasteiger partial charge on any atom is -0.506 e. The highest BCUT2D eigenvalue weighted by Crippen LogP contribution is 2.66. The molecule has 0 bridgehead atoms. The van der Waals surface area contributed by atoms with E-state index in [4.69, 9.17) is 33.3 Å². The van der Waals surface area contributed by atoms with Crippen molar-refractivity contribution in [3.8, 4) is 29.1 Å². The van der Waals surface area contributed by atoms with Crippen molar-refractivity contribution < 1.29 is 90.0 Å². The van der Waals surface area contributed by atoms with Gasteiger partial charge in [-0.25, -0.2) is 28.0 Å². The first-order valence-corrected chi connectivity index (χ1v) is 44.5. The number of aromatic nitrogens is 3. The molecule has 578 valence electrons. The zero-order chi connectivity index (χ0) is 77.3. The monoisotopic (exact) mass is 1630 g/mol. The molecule has 0 spiro atoms. The molecular weight excluding hydrogens is 1540 g/mol. The van der Waals surface area contributed by atoms with Crippen molar-refractivity contribution >= 4 is 118 Å². The molecule has 2 aromatic heterocycles. The standard InChI is InChI=1S/C73H82N9O20P3S4/c1-42-76-67-61(70(86)77-42)48(37-82(67)60-36-58(97-41-107-108-72(2,3)4)59(99-60)38-98-104(92,93)102-105(94,95)101-103(89,90)91)14-11-31-96-40-106-109-73(5,6)39-75-68(84)44-18-21-49(22-19-44)78-79-56-24-17-43(32-57(56)83)25-26-74-69(85)47-20-23-50(53(35-47)71(87)88)62-54-33-45-12-7-27-80-29-9-15-51(63(45)80)65(54)100-66-52-16-10-30-81-28-8-13-46(64(52)81)34-55(62)66/h17-24,32-35,37,58-60H,7-10,12-13,15-16,25-31,36,38-41H2,1-6H3,(H8-,74,75,76,77,78,83,84,85,86,87,88,89,90,91,92,93,94,95)/p+1/t58?,59-,60-/m1/s1. The number of aromatic hydroxyl groups is 1. The van der Waals surface area contributed by atoms with Crippen molar-refractivity contribution in [2.45, 2.75) is 134 Å². The minimum absolute atomic E-state index is 0.0310. The number of azo groups is 1. The summed E-state index contributed by atoms with van der Waals surface area (Å²) >= 11 is 0. The molecule has 0 saturated carbocycles. The number of carboxylic acids is 1. The molecule has 1 saturated heterocycles. The second kappa shape index (κ2) is 33.3. The minimum atomic E-state index is -5.79. The lowest BCUT2D eigenvalue weighted by Crippen LogP contribution is -2.45. The van der Waals surface area contributed by atoms with E-state index in [1.54, 1.807) is 72.3 Å². The highest BCUT2D eigenvalue weighted by molar-refractivity contribution is 8.77. The van der Waals surface area contributed by atoms with E-state index in [9.17, 15) is 52.9 Å². The molecule has 5 atom stereocenters. The number of aryl methyl sites for hydroxylation is 3. The normalized spacial score (nSPS) is 18.6. The molecule has 6 aliphatic heterocycles. The largest absolute Gasteiger partial charge is 0.506 e. The molecule has 36 heteroatoms. The van der Waals surface area contributed by atoms with Gasteiger partial charge in [-0.2, -0.15) is 13.7 Å². The number of carbonyl (C=O) groups is 3. The molecule has 1 fully saturated rings. The predicted octanol–water partition coefficient (Wildman–Crippen LogP) is 11.3. The second-order valence-corrected chi connectivity index (χ2v) is 39.0. The number of carboxylic acid groups (broad SMARTS) is 1. The van der Waals surface area contributed by atoms with Crippen LogP contribution < -0.4 is 41.0 Å². The van der Waals surface area contributed by atoms with Crippen molar-refractivity contribution in [3.05, 3.63) is 167 Å². The summed E-state index contributed by atoms with van der Waals surface area (Å²) in [6.07, 6.45) is 6.82. The van der Waals surface area contributed by atoms with Crippen LogP contribution in [0.25, 0.3) is 16.6 Å². The second-order valence-electron chi connectivity index (χ2n) is 28.6. The number of hydrogen-bond donors (Lipinski definition) is 9. The molecule has 5 aromatic carbocycles. The van der Waals surface area contributed by atoms with E-state index in [2.05, 4.69) is 72.9 Å². The Labute approximate surface area is 643 Å². The number of nitrogens with one attached hydrogen (secondary N) is 3. The number of benzene rings is 5. The van der Waals surface area contributed by atoms with Gasteiger partial charge in [0.15, 0.2) is 5.65 Å². The lowest BCUT2D eigenvalue weighted by molar-refractivity contribution is -0.0520. The summed E-state index contributed by atoms with van der Waals surface area (Å²) in [4.78, 5) is 102. The number of hydrogen-bond acceptors (Lipinski definition) is 23. The zero-order valence-electron chi connectivity index (χ0n) is 60.4. The molecule has 2 amide bonds. The number of carbonyl (C=O) groups excluding carboxylic acids is 2. The predicted molar refractivity (Wildman–Crippen MR) is 416 cm³/mol. The molecule has 8 heterocycles. The SMILES string of the molecule is Cc1nc2c(c(C#CCOCSSC(C)(C)CNC(=O)c3ccc(N=Nc4ccc(CCNC(=O)c5ccc(C6=c7cc8c9c(c7Oc7c6cc6c%10c7CCCN%10CCC6)CCC[N+]=9CCC8)c(C(=O)O)c5)cc4O)cc3)cn2[C@H]2CC(OCSSC(C)(C)C)[C@@H](COP(=O)(O)OP(=O)(O)OP(=O)(O)O)O2)c(=O)[nH]1.